The fraction of sp³-hybridized carbons (Fsp3) is 0.550. The summed E-state index contributed by atoms with van der Waals surface area (Å²) in [6.45, 7) is 18.0. The molecule has 0 aromatic heterocycles. The zero-order valence-electron chi connectivity index (χ0n) is 16.6. The first-order chi connectivity index (χ1) is 12.3. The fourth-order valence-electron chi connectivity index (χ4n) is 1.48. The number of ether oxygens (including phenoxy) is 3. The van der Waals surface area contributed by atoms with Crippen LogP contribution in [-0.4, -0.2) is 31.1 Å². The van der Waals surface area contributed by atoms with Crippen LogP contribution in [-0.2, 0) is 28.6 Å². The Bertz CT molecular complexity index is 415. The summed E-state index contributed by atoms with van der Waals surface area (Å²) in [6.07, 6.45) is 8.09. The molecule has 0 aliphatic carbocycles. The Hall–Kier alpha value is -2.37. The van der Waals surface area contributed by atoms with Gasteiger partial charge in [0.15, 0.2) is 0 Å². The zero-order valence-corrected chi connectivity index (χ0v) is 16.6. The third kappa shape index (κ3) is 26.5. The molecule has 6 nitrogen and oxygen atoms in total. The molecule has 0 N–H and O–H groups in total. The lowest BCUT2D eigenvalue weighted by Gasteiger charge is -2.13. The van der Waals surface area contributed by atoms with E-state index in [0.29, 0.717) is 19.1 Å². The Morgan fingerprint density at radius 2 is 1.50 bits per heavy atom. The van der Waals surface area contributed by atoms with Crippen molar-refractivity contribution in [3.8, 4) is 0 Å². The van der Waals surface area contributed by atoms with E-state index in [-0.39, 0.29) is 17.9 Å². The summed E-state index contributed by atoms with van der Waals surface area (Å²) < 4.78 is 13.6. The Morgan fingerprint density at radius 3 is 1.77 bits per heavy atom. The summed E-state index contributed by atoms with van der Waals surface area (Å²) in [5.41, 5.74) is 0. The molecule has 0 aromatic carbocycles. The van der Waals surface area contributed by atoms with Crippen LogP contribution in [0.5, 0.6) is 0 Å². The fourth-order valence-corrected chi connectivity index (χ4v) is 1.48. The largest absolute Gasteiger partial charge is 0.463 e. The third-order valence-corrected chi connectivity index (χ3v) is 2.87. The molecule has 0 aliphatic heterocycles. The Balaban J connectivity index is -0.000000342. The molecule has 0 fully saturated rings. The van der Waals surface area contributed by atoms with E-state index in [9.17, 15) is 14.4 Å². The number of hydrogen-bond donors (Lipinski definition) is 0. The lowest BCUT2D eigenvalue weighted by Crippen LogP contribution is -2.12. The van der Waals surface area contributed by atoms with Gasteiger partial charge in [0.2, 0.25) is 0 Å². The molecule has 0 radical (unpaired) electrons. The summed E-state index contributed by atoms with van der Waals surface area (Å²) in [4.78, 5) is 30.6. The smallest absolute Gasteiger partial charge is 0.330 e. The van der Waals surface area contributed by atoms with Gasteiger partial charge in [0.1, 0.15) is 0 Å². The van der Waals surface area contributed by atoms with Crippen molar-refractivity contribution in [1.82, 2.24) is 0 Å². The first-order valence-electron chi connectivity index (χ1n) is 8.69. The quantitative estimate of drug-likeness (QED) is 0.246. The number of rotatable bonds is 10. The van der Waals surface area contributed by atoms with Gasteiger partial charge in [-0.1, -0.05) is 52.8 Å². The van der Waals surface area contributed by atoms with Gasteiger partial charge >= 0.3 is 17.9 Å². The van der Waals surface area contributed by atoms with Gasteiger partial charge in [0.25, 0.3) is 0 Å². The van der Waals surface area contributed by atoms with Crippen LogP contribution in [0.4, 0.5) is 0 Å². The highest BCUT2D eigenvalue weighted by Crippen LogP contribution is 2.12. The average molecular weight is 370 g/mol. The predicted molar refractivity (Wildman–Crippen MR) is 103 cm³/mol. The van der Waals surface area contributed by atoms with Crippen molar-refractivity contribution < 1.29 is 28.6 Å². The molecule has 1 atom stereocenters. The summed E-state index contributed by atoms with van der Waals surface area (Å²) in [5, 5.41) is 0. The molecular formula is C20H34O6. The van der Waals surface area contributed by atoms with Gasteiger partial charge < -0.3 is 14.2 Å². The van der Waals surface area contributed by atoms with E-state index >= 15 is 0 Å². The molecule has 0 saturated heterocycles. The zero-order chi connectivity index (χ0) is 20.8. The number of unbranched alkanes of at least 4 members (excludes halogenated alkanes) is 1. The maximum atomic E-state index is 10.8. The van der Waals surface area contributed by atoms with Gasteiger partial charge in [-0.15, -0.1) is 0 Å². The van der Waals surface area contributed by atoms with Crippen molar-refractivity contribution in [2.24, 2.45) is 5.92 Å². The maximum Gasteiger partial charge on any atom is 0.330 e. The molecule has 150 valence electrons. The molecule has 0 rings (SSSR count). The number of esters is 3. The van der Waals surface area contributed by atoms with Crippen molar-refractivity contribution >= 4 is 17.9 Å². The van der Waals surface area contributed by atoms with E-state index in [4.69, 9.17) is 4.74 Å². The van der Waals surface area contributed by atoms with E-state index < -0.39 is 0 Å². The molecule has 26 heavy (non-hydrogen) atoms. The average Bonchev–Trinajstić information content (AvgIpc) is 2.62. The highest BCUT2D eigenvalue weighted by molar-refractivity contribution is 5.81. The second-order valence-electron chi connectivity index (χ2n) is 4.98. The minimum Gasteiger partial charge on any atom is -0.463 e. The molecule has 0 aliphatic rings. The second-order valence-corrected chi connectivity index (χ2v) is 4.98. The maximum absolute atomic E-state index is 10.8. The molecular weight excluding hydrogens is 336 g/mol. The minimum atomic E-state index is -0.359. The summed E-state index contributed by atoms with van der Waals surface area (Å²) in [5.74, 6) is -0.480. The van der Waals surface area contributed by atoms with Gasteiger partial charge in [-0.25, -0.2) is 9.59 Å². The van der Waals surface area contributed by atoms with Gasteiger partial charge in [-0.2, -0.15) is 0 Å². The van der Waals surface area contributed by atoms with E-state index in [1.165, 1.54) is 25.8 Å². The van der Waals surface area contributed by atoms with Crippen LogP contribution in [0.3, 0.4) is 0 Å². The highest BCUT2D eigenvalue weighted by Gasteiger charge is 2.07. The molecule has 0 bridgehead atoms. The van der Waals surface area contributed by atoms with Crippen LogP contribution in [0.15, 0.2) is 38.2 Å². The van der Waals surface area contributed by atoms with E-state index in [0.717, 1.165) is 25.2 Å². The highest BCUT2D eigenvalue weighted by atomic mass is 16.5. The van der Waals surface area contributed by atoms with E-state index in [1.807, 2.05) is 0 Å². The normalized spacial score (nSPS) is 9.69. The standard InChI is InChI=1S/C11H20O2.C5H8O2.C4H6O2/c1-4-7-8-10(5-2)9-13-11(12)6-3;1-3-5(6)7-4-2;1-3-6-4(2)5/h6,10H,3-5,7-9H2,1-2H3;3H,1,4H2,2H3;3H,1H2,2H3. The lowest BCUT2D eigenvalue weighted by atomic mass is 10.0. The summed E-state index contributed by atoms with van der Waals surface area (Å²) in [6, 6.07) is 0. The van der Waals surface area contributed by atoms with Gasteiger partial charge in [-0.05, 0) is 19.3 Å². The van der Waals surface area contributed by atoms with Crippen LogP contribution in [0.25, 0.3) is 0 Å². The van der Waals surface area contributed by atoms with Gasteiger partial charge in [0.05, 0.1) is 19.5 Å². The number of carbonyl (C=O) groups is 3. The van der Waals surface area contributed by atoms with Crippen molar-refractivity contribution in [1.29, 1.82) is 0 Å². The van der Waals surface area contributed by atoms with Crippen molar-refractivity contribution in [2.45, 2.75) is 53.4 Å². The molecule has 0 amide bonds. The molecule has 0 aromatic rings. The summed E-state index contributed by atoms with van der Waals surface area (Å²) >= 11 is 0. The Kier molecular flexibility index (Phi) is 24.7. The molecule has 0 spiro atoms. The molecule has 6 heteroatoms. The first kappa shape index (κ1) is 28.4. The monoisotopic (exact) mass is 370 g/mol. The Morgan fingerprint density at radius 1 is 0.962 bits per heavy atom. The van der Waals surface area contributed by atoms with Crippen LogP contribution in [0.2, 0.25) is 0 Å². The lowest BCUT2D eigenvalue weighted by molar-refractivity contribution is -0.139. The predicted octanol–water partition coefficient (Wildman–Crippen LogP) is 4.36. The molecule has 0 heterocycles. The Labute approximate surface area is 157 Å². The van der Waals surface area contributed by atoms with Gasteiger partial charge in [-0.3, -0.25) is 4.79 Å². The second kappa shape index (κ2) is 22.6. The minimum absolute atomic E-state index is 0.310. The van der Waals surface area contributed by atoms with E-state index in [1.54, 1.807) is 6.92 Å². The third-order valence-electron chi connectivity index (χ3n) is 2.87. The SMILES string of the molecule is C=CC(=O)OCC.C=CC(=O)OCC(CC)CCCC.C=COC(C)=O. The first-order valence-corrected chi connectivity index (χ1v) is 8.69. The van der Waals surface area contributed by atoms with Crippen LogP contribution in [0.1, 0.15) is 53.4 Å². The van der Waals surface area contributed by atoms with Crippen molar-refractivity contribution in [2.75, 3.05) is 13.2 Å². The van der Waals surface area contributed by atoms with Crippen LogP contribution >= 0.6 is 0 Å². The molecule has 0 saturated carbocycles. The number of hydrogen-bond acceptors (Lipinski definition) is 6. The van der Waals surface area contributed by atoms with E-state index in [2.05, 4.69) is 43.1 Å². The van der Waals surface area contributed by atoms with Gasteiger partial charge in [0, 0.05) is 19.1 Å². The van der Waals surface area contributed by atoms with Crippen molar-refractivity contribution in [3.63, 3.8) is 0 Å². The topological polar surface area (TPSA) is 78.9 Å². The van der Waals surface area contributed by atoms with Crippen molar-refractivity contribution in [3.05, 3.63) is 38.2 Å². The number of carbonyl (C=O) groups excluding carboxylic acids is 3. The van der Waals surface area contributed by atoms with Crippen LogP contribution in [0, 0.1) is 5.92 Å². The van der Waals surface area contributed by atoms with Crippen LogP contribution < -0.4 is 0 Å². The summed E-state index contributed by atoms with van der Waals surface area (Å²) in [7, 11) is 0. The molecule has 1 unspecified atom stereocenters.